The summed E-state index contributed by atoms with van der Waals surface area (Å²) in [4.78, 5) is 8.69. The molecule has 2 nitrogen and oxygen atoms in total. The zero-order valence-electron chi connectivity index (χ0n) is 8.22. The van der Waals surface area contributed by atoms with Crippen LogP contribution in [0.15, 0.2) is 48.8 Å². The zero-order valence-corrected chi connectivity index (χ0v) is 11.2. The van der Waals surface area contributed by atoms with E-state index in [2.05, 4.69) is 34.2 Å². The SMILES string of the molecule is [Zn+2].c1cnc2c(c1)ccc1cccnc12. The third kappa shape index (κ3) is 1.64. The van der Waals surface area contributed by atoms with Gasteiger partial charge in [-0.2, -0.15) is 0 Å². The average Bonchev–Trinajstić information content (AvgIpc) is 2.29. The normalized spacial score (nSPS) is 10.1. The van der Waals surface area contributed by atoms with E-state index in [4.69, 9.17) is 0 Å². The average molecular weight is 246 g/mol. The summed E-state index contributed by atoms with van der Waals surface area (Å²) in [6.07, 6.45) is 3.60. The summed E-state index contributed by atoms with van der Waals surface area (Å²) in [6.45, 7) is 0. The molecule has 0 amide bonds. The number of nitrogens with zero attached hydrogens (tertiary/aromatic N) is 2. The van der Waals surface area contributed by atoms with E-state index >= 15 is 0 Å². The fraction of sp³-hybridized carbons (Fsp3) is 0. The number of benzene rings is 1. The molecule has 0 radical (unpaired) electrons. The number of hydrogen-bond acceptors (Lipinski definition) is 2. The monoisotopic (exact) mass is 244 g/mol. The smallest absolute Gasteiger partial charge is 0.254 e. The molecule has 3 rings (SSSR count). The first-order chi connectivity index (χ1) is 6.95. The molecule has 66 valence electrons. The Labute approximate surface area is 100 Å². The first-order valence-corrected chi connectivity index (χ1v) is 4.53. The predicted molar refractivity (Wildman–Crippen MR) is 57.0 cm³/mol. The second-order valence-corrected chi connectivity index (χ2v) is 3.22. The van der Waals surface area contributed by atoms with Gasteiger partial charge >= 0.3 is 19.5 Å². The Morgan fingerprint density at radius 2 is 1.13 bits per heavy atom. The van der Waals surface area contributed by atoms with Crippen molar-refractivity contribution in [1.82, 2.24) is 9.97 Å². The van der Waals surface area contributed by atoms with E-state index in [-0.39, 0.29) is 19.5 Å². The quantitative estimate of drug-likeness (QED) is 0.450. The fourth-order valence-corrected chi connectivity index (χ4v) is 1.68. The number of aromatic nitrogens is 2. The Hall–Kier alpha value is -1.34. The van der Waals surface area contributed by atoms with Crippen LogP contribution in [0.5, 0.6) is 0 Å². The van der Waals surface area contributed by atoms with Gasteiger partial charge < -0.3 is 0 Å². The van der Waals surface area contributed by atoms with E-state index in [0.29, 0.717) is 0 Å². The maximum Gasteiger partial charge on any atom is 2.00 e. The molecule has 0 fully saturated rings. The van der Waals surface area contributed by atoms with Gasteiger partial charge in [0.15, 0.2) is 0 Å². The Kier molecular flexibility index (Phi) is 2.74. The summed E-state index contributed by atoms with van der Waals surface area (Å²) in [6, 6.07) is 12.1. The standard InChI is InChI=1S/C12H8N2.Zn/c1-3-9-5-6-10-4-2-8-14-12(10)11(9)13-7-1;/h1-8H;/q;+2. The Morgan fingerprint density at radius 1 is 0.667 bits per heavy atom. The molecule has 0 saturated carbocycles. The Bertz CT molecular complexity index is 553. The van der Waals surface area contributed by atoms with Gasteiger partial charge in [-0.05, 0) is 12.1 Å². The number of fused-ring (bicyclic) bond motifs is 3. The molecule has 0 unspecified atom stereocenters. The van der Waals surface area contributed by atoms with Crippen molar-refractivity contribution < 1.29 is 19.5 Å². The third-order valence-corrected chi connectivity index (χ3v) is 2.34. The van der Waals surface area contributed by atoms with Crippen molar-refractivity contribution in [3.63, 3.8) is 0 Å². The van der Waals surface area contributed by atoms with Crippen LogP contribution in [0.1, 0.15) is 0 Å². The van der Waals surface area contributed by atoms with Crippen LogP contribution in [-0.4, -0.2) is 9.97 Å². The second-order valence-electron chi connectivity index (χ2n) is 3.22. The molecular formula is C12H8N2Zn+2. The van der Waals surface area contributed by atoms with Crippen LogP contribution in [-0.2, 0) is 19.5 Å². The first kappa shape index (κ1) is 10.2. The molecule has 0 spiro atoms. The van der Waals surface area contributed by atoms with Crippen LogP contribution < -0.4 is 0 Å². The van der Waals surface area contributed by atoms with Gasteiger partial charge in [0, 0.05) is 23.2 Å². The van der Waals surface area contributed by atoms with Gasteiger partial charge in [-0.1, -0.05) is 24.3 Å². The van der Waals surface area contributed by atoms with Gasteiger partial charge in [-0.25, -0.2) is 0 Å². The van der Waals surface area contributed by atoms with Crippen LogP contribution in [0.25, 0.3) is 21.8 Å². The molecule has 0 aliphatic carbocycles. The number of hydrogen-bond donors (Lipinski definition) is 0. The van der Waals surface area contributed by atoms with Gasteiger partial charge in [-0.3, -0.25) is 9.97 Å². The van der Waals surface area contributed by atoms with E-state index in [0.717, 1.165) is 21.8 Å². The molecule has 2 aromatic heterocycles. The summed E-state index contributed by atoms with van der Waals surface area (Å²) in [5.41, 5.74) is 1.95. The van der Waals surface area contributed by atoms with E-state index in [9.17, 15) is 0 Å². The van der Waals surface area contributed by atoms with Crippen molar-refractivity contribution in [3.05, 3.63) is 48.8 Å². The van der Waals surface area contributed by atoms with Crippen LogP contribution >= 0.6 is 0 Å². The van der Waals surface area contributed by atoms with Crippen molar-refractivity contribution in [1.29, 1.82) is 0 Å². The van der Waals surface area contributed by atoms with Crippen molar-refractivity contribution >= 4 is 21.8 Å². The number of pyridine rings is 2. The Morgan fingerprint density at radius 3 is 1.60 bits per heavy atom. The molecule has 15 heavy (non-hydrogen) atoms. The fourth-order valence-electron chi connectivity index (χ4n) is 1.68. The largest absolute Gasteiger partial charge is 2.00 e. The van der Waals surface area contributed by atoms with Crippen LogP contribution in [0.2, 0.25) is 0 Å². The maximum atomic E-state index is 4.35. The minimum absolute atomic E-state index is 0. The molecule has 0 saturated heterocycles. The number of rotatable bonds is 0. The molecule has 0 atom stereocenters. The van der Waals surface area contributed by atoms with Gasteiger partial charge in [0.05, 0.1) is 11.0 Å². The summed E-state index contributed by atoms with van der Waals surface area (Å²) >= 11 is 0. The van der Waals surface area contributed by atoms with Crippen molar-refractivity contribution in [2.24, 2.45) is 0 Å². The molecule has 1 aromatic carbocycles. The minimum atomic E-state index is 0. The minimum Gasteiger partial charge on any atom is -0.254 e. The first-order valence-electron chi connectivity index (χ1n) is 4.53. The van der Waals surface area contributed by atoms with Gasteiger partial charge in [-0.15, -0.1) is 0 Å². The predicted octanol–water partition coefficient (Wildman–Crippen LogP) is 2.78. The molecule has 0 aliphatic heterocycles. The molecule has 0 aliphatic rings. The maximum absolute atomic E-state index is 4.35. The zero-order chi connectivity index (χ0) is 9.38. The summed E-state index contributed by atoms with van der Waals surface area (Å²) in [7, 11) is 0. The van der Waals surface area contributed by atoms with Gasteiger partial charge in [0.25, 0.3) is 0 Å². The Balaban J connectivity index is 0.000000853. The summed E-state index contributed by atoms with van der Waals surface area (Å²) in [5.74, 6) is 0. The van der Waals surface area contributed by atoms with Crippen molar-refractivity contribution in [3.8, 4) is 0 Å². The molecule has 3 heteroatoms. The van der Waals surface area contributed by atoms with E-state index in [1.165, 1.54) is 0 Å². The van der Waals surface area contributed by atoms with Crippen molar-refractivity contribution in [2.45, 2.75) is 0 Å². The van der Waals surface area contributed by atoms with Crippen LogP contribution in [0, 0.1) is 0 Å². The third-order valence-electron chi connectivity index (χ3n) is 2.34. The van der Waals surface area contributed by atoms with Gasteiger partial charge in [0.2, 0.25) is 0 Å². The second kappa shape index (κ2) is 4.03. The molecule has 2 heterocycles. The topological polar surface area (TPSA) is 25.8 Å². The summed E-state index contributed by atoms with van der Waals surface area (Å²) in [5, 5.41) is 2.28. The van der Waals surface area contributed by atoms with E-state index in [1.54, 1.807) is 12.4 Å². The van der Waals surface area contributed by atoms with E-state index in [1.807, 2.05) is 12.1 Å². The molecule has 0 bridgehead atoms. The molecular weight excluding hydrogens is 238 g/mol. The van der Waals surface area contributed by atoms with Crippen LogP contribution in [0.4, 0.5) is 0 Å². The van der Waals surface area contributed by atoms with E-state index < -0.39 is 0 Å². The van der Waals surface area contributed by atoms with Gasteiger partial charge in [0.1, 0.15) is 0 Å². The molecule has 3 aromatic rings. The molecule has 0 N–H and O–H groups in total. The van der Waals surface area contributed by atoms with Crippen molar-refractivity contribution in [2.75, 3.05) is 0 Å². The summed E-state index contributed by atoms with van der Waals surface area (Å²) < 4.78 is 0. The van der Waals surface area contributed by atoms with Crippen LogP contribution in [0.3, 0.4) is 0 Å².